The molecule has 5 heteroatoms. The molecule has 68 valence electrons. The van der Waals surface area contributed by atoms with Crippen LogP contribution in [0.4, 0.5) is 5.82 Å². The Morgan fingerprint density at radius 1 is 1.62 bits per heavy atom. The third-order valence-corrected chi connectivity index (χ3v) is 1.40. The number of hydrogen-bond donors (Lipinski definition) is 1. The number of rotatable bonds is 3. The summed E-state index contributed by atoms with van der Waals surface area (Å²) in [6, 6.07) is 0. The van der Waals surface area contributed by atoms with Crippen molar-refractivity contribution < 1.29 is 4.79 Å². The lowest BCUT2D eigenvalue weighted by atomic mass is 10.3. The molecule has 0 aliphatic carbocycles. The Balaban J connectivity index is 3.09. The van der Waals surface area contributed by atoms with Gasteiger partial charge in [0.15, 0.2) is 0 Å². The van der Waals surface area contributed by atoms with Gasteiger partial charge in [-0.2, -0.15) is 0 Å². The molecule has 1 rings (SSSR count). The molecule has 5 nitrogen and oxygen atoms in total. The van der Waals surface area contributed by atoms with Gasteiger partial charge in [0.1, 0.15) is 11.6 Å². The summed E-state index contributed by atoms with van der Waals surface area (Å²) in [4.78, 5) is 22.1. The standard InChI is InChI=1S/C8H10N4O/c1-6-10-4-7(3-9-2)8(12-6)11-5-13/h3-5H,1-2H3,(H,10,11,12,13). The minimum absolute atomic E-state index is 0.480. The predicted octanol–water partition coefficient (Wildman–Crippen LogP) is 0.402. The van der Waals surface area contributed by atoms with E-state index < -0.39 is 0 Å². The molecule has 0 radical (unpaired) electrons. The summed E-state index contributed by atoms with van der Waals surface area (Å²) < 4.78 is 0. The zero-order valence-corrected chi connectivity index (χ0v) is 7.48. The number of aryl methyl sites for hydroxylation is 1. The summed E-state index contributed by atoms with van der Waals surface area (Å²) >= 11 is 0. The average molecular weight is 178 g/mol. The number of nitrogens with zero attached hydrogens (tertiary/aromatic N) is 3. The van der Waals surface area contributed by atoms with E-state index >= 15 is 0 Å². The van der Waals surface area contributed by atoms with E-state index in [4.69, 9.17) is 0 Å². The number of anilines is 1. The van der Waals surface area contributed by atoms with Gasteiger partial charge in [-0.25, -0.2) is 9.97 Å². The number of hydrogen-bond acceptors (Lipinski definition) is 4. The van der Waals surface area contributed by atoms with Crippen LogP contribution < -0.4 is 5.32 Å². The van der Waals surface area contributed by atoms with Crippen LogP contribution >= 0.6 is 0 Å². The lowest BCUT2D eigenvalue weighted by molar-refractivity contribution is -0.105. The number of nitrogens with one attached hydrogen (secondary N) is 1. The van der Waals surface area contributed by atoms with Crippen molar-refractivity contribution in [1.82, 2.24) is 9.97 Å². The molecule has 0 aliphatic heterocycles. The van der Waals surface area contributed by atoms with Crippen LogP contribution in [0.2, 0.25) is 0 Å². The average Bonchev–Trinajstić information content (AvgIpc) is 2.10. The second-order valence-electron chi connectivity index (χ2n) is 2.37. The lowest BCUT2D eigenvalue weighted by Crippen LogP contribution is -2.03. The van der Waals surface area contributed by atoms with Crippen LogP contribution in [0.25, 0.3) is 0 Å². The summed E-state index contributed by atoms with van der Waals surface area (Å²) in [5.74, 6) is 1.09. The first-order valence-corrected chi connectivity index (χ1v) is 3.74. The van der Waals surface area contributed by atoms with Gasteiger partial charge in [0, 0.05) is 19.5 Å². The van der Waals surface area contributed by atoms with Crippen LogP contribution in [0.5, 0.6) is 0 Å². The Morgan fingerprint density at radius 3 is 3.00 bits per heavy atom. The minimum atomic E-state index is 0.480. The van der Waals surface area contributed by atoms with Crippen molar-refractivity contribution in [1.29, 1.82) is 0 Å². The van der Waals surface area contributed by atoms with Crippen LogP contribution in [0.1, 0.15) is 11.4 Å². The van der Waals surface area contributed by atoms with Gasteiger partial charge in [0.2, 0.25) is 6.41 Å². The van der Waals surface area contributed by atoms with Crippen LogP contribution in [0.3, 0.4) is 0 Å². The molecule has 1 aromatic rings. The third-order valence-electron chi connectivity index (χ3n) is 1.40. The highest BCUT2D eigenvalue weighted by molar-refractivity contribution is 5.88. The topological polar surface area (TPSA) is 67.2 Å². The second-order valence-corrected chi connectivity index (χ2v) is 2.37. The maximum atomic E-state index is 10.2. The largest absolute Gasteiger partial charge is 0.313 e. The molecule has 0 spiro atoms. The predicted molar refractivity (Wildman–Crippen MR) is 50.0 cm³/mol. The molecule has 1 aromatic heterocycles. The van der Waals surface area contributed by atoms with Gasteiger partial charge in [0.25, 0.3) is 0 Å². The maximum absolute atomic E-state index is 10.2. The normalized spacial score (nSPS) is 10.3. The first-order chi connectivity index (χ1) is 6.27. The first-order valence-electron chi connectivity index (χ1n) is 3.74. The van der Waals surface area contributed by atoms with Crippen LogP contribution in [-0.2, 0) is 4.79 Å². The molecule has 0 unspecified atom stereocenters. The van der Waals surface area contributed by atoms with E-state index in [1.165, 1.54) is 0 Å². The zero-order valence-electron chi connectivity index (χ0n) is 7.48. The fourth-order valence-corrected chi connectivity index (χ4v) is 0.884. The summed E-state index contributed by atoms with van der Waals surface area (Å²) in [7, 11) is 1.64. The SMILES string of the molecule is CN=Cc1cnc(C)nc1NC=O. The smallest absolute Gasteiger partial charge is 0.212 e. The third kappa shape index (κ3) is 2.33. The number of amides is 1. The lowest BCUT2D eigenvalue weighted by Gasteiger charge is -2.02. The van der Waals surface area contributed by atoms with Crippen molar-refractivity contribution in [3.63, 3.8) is 0 Å². The molecule has 1 amide bonds. The monoisotopic (exact) mass is 178 g/mol. The molecule has 0 atom stereocenters. The van der Waals surface area contributed by atoms with Crippen LogP contribution in [0.15, 0.2) is 11.2 Å². The number of carbonyl (C=O) groups excluding carboxylic acids is 1. The van der Waals surface area contributed by atoms with E-state index in [9.17, 15) is 4.79 Å². The highest BCUT2D eigenvalue weighted by atomic mass is 16.1. The summed E-state index contributed by atoms with van der Waals surface area (Å²) in [5, 5.41) is 2.48. The molecule has 0 aliphatic rings. The Hall–Kier alpha value is -1.78. The first kappa shape index (κ1) is 9.31. The van der Waals surface area contributed by atoms with Gasteiger partial charge in [-0.3, -0.25) is 9.79 Å². The summed E-state index contributed by atoms with van der Waals surface area (Å²) in [6.45, 7) is 1.75. The second kappa shape index (κ2) is 4.30. The molecular weight excluding hydrogens is 168 g/mol. The van der Waals surface area contributed by atoms with Gasteiger partial charge < -0.3 is 5.32 Å². The molecule has 1 heterocycles. The quantitative estimate of drug-likeness (QED) is 0.538. The molecule has 0 bridgehead atoms. The Kier molecular flexibility index (Phi) is 3.08. The Labute approximate surface area is 75.9 Å². The fraction of sp³-hybridized carbons (Fsp3) is 0.250. The van der Waals surface area contributed by atoms with Crippen molar-refractivity contribution in [2.75, 3.05) is 12.4 Å². The molecule has 0 saturated heterocycles. The fourth-order valence-electron chi connectivity index (χ4n) is 0.884. The van der Waals surface area contributed by atoms with Gasteiger partial charge in [-0.05, 0) is 6.92 Å². The molecule has 0 saturated carbocycles. The van der Waals surface area contributed by atoms with Gasteiger partial charge in [-0.1, -0.05) is 0 Å². The number of aliphatic imine (C=N–C) groups is 1. The minimum Gasteiger partial charge on any atom is -0.313 e. The van der Waals surface area contributed by atoms with E-state index in [2.05, 4.69) is 20.3 Å². The summed E-state index contributed by atoms with van der Waals surface area (Å²) in [5.41, 5.74) is 0.695. The van der Waals surface area contributed by atoms with Gasteiger partial charge in [-0.15, -0.1) is 0 Å². The number of carbonyl (C=O) groups is 1. The van der Waals surface area contributed by atoms with E-state index in [1.807, 2.05) is 0 Å². The highest BCUT2D eigenvalue weighted by Crippen LogP contribution is 2.07. The van der Waals surface area contributed by atoms with Crippen molar-refractivity contribution in [2.45, 2.75) is 6.92 Å². The van der Waals surface area contributed by atoms with Crippen molar-refractivity contribution in [2.24, 2.45) is 4.99 Å². The van der Waals surface area contributed by atoms with E-state index in [0.29, 0.717) is 23.6 Å². The summed E-state index contributed by atoms with van der Waals surface area (Å²) in [6.07, 6.45) is 3.78. The zero-order chi connectivity index (χ0) is 9.68. The van der Waals surface area contributed by atoms with Crippen molar-refractivity contribution in [3.05, 3.63) is 17.6 Å². The highest BCUT2D eigenvalue weighted by Gasteiger charge is 2.01. The van der Waals surface area contributed by atoms with Crippen molar-refractivity contribution in [3.8, 4) is 0 Å². The molecule has 13 heavy (non-hydrogen) atoms. The van der Waals surface area contributed by atoms with Gasteiger partial charge >= 0.3 is 0 Å². The van der Waals surface area contributed by atoms with E-state index in [1.54, 1.807) is 26.4 Å². The number of aromatic nitrogens is 2. The van der Waals surface area contributed by atoms with Crippen LogP contribution in [0, 0.1) is 6.92 Å². The molecular formula is C8H10N4O. The molecule has 0 fully saturated rings. The van der Waals surface area contributed by atoms with E-state index in [0.717, 1.165) is 0 Å². The Morgan fingerprint density at radius 2 is 2.38 bits per heavy atom. The molecule has 0 aromatic carbocycles. The Bertz CT molecular complexity index is 335. The maximum Gasteiger partial charge on any atom is 0.212 e. The van der Waals surface area contributed by atoms with E-state index in [-0.39, 0.29) is 0 Å². The van der Waals surface area contributed by atoms with Crippen molar-refractivity contribution >= 4 is 18.4 Å². The van der Waals surface area contributed by atoms with Gasteiger partial charge in [0.05, 0.1) is 5.56 Å². The van der Waals surface area contributed by atoms with Crippen LogP contribution in [-0.4, -0.2) is 29.6 Å². The molecule has 1 N–H and O–H groups in total.